The number of para-hydroxylation sites is 1. The number of esters is 1. The van der Waals surface area contributed by atoms with Crippen molar-refractivity contribution in [2.45, 2.75) is 13.8 Å². The predicted octanol–water partition coefficient (Wildman–Crippen LogP) is 9.71. The second-order valence-corrected chi connectivity index (χ2v) is 11.6. The van der Waals surface area contributed by atoms with Crippen molar-refractivity contribution in [3.8, 4) is 34.5 Å². The molecule has 7 aromatic carbocycles. The van der Waals surface area contributed by atoms with Gasteiger partial charge in [-0.05, 0) is 84.3 Å². The highest BCUT2D eigenvalue weighted by Gasteiger charge is 2.16. The average molecular weight is 663 g/mol. The summed E-state index contributed by atoms with van der Waals surface area (Å²) in [5, 5.41) is 32.9. The van der Waals surface area contributed by atoms with E-state index < -0.39 is 5.97 Å². The summed E-state index contributed by atoms with van der Waals surface area (Å²) in [4.78, 5) is 16.6. The van der Waals surface area contributed by atoms with E-state index in [4.69, 9.17) is 20.0 Å². The van der Waals surface area contributed by atoms with E-state index in [2.05, 4.69) is 4.98 Å². The molecular weight excluding hydrogens is 628 g/mol. The highest BCUT2D eigenvalue weighted by molar-refractivity contribution is 6.01. The molecule has 1 heterocycles. The van der Waals surface area contributed by atoms with Crippen molar-refractivity contribution in [3.05, 3.63) is 156 Å². The highest BCUT2D eigenvalue weighted by atomic mass is 16.5. The number of ether oxygens (including phenoxy) is 1. The van der Waals surface area contributed by atoms with Crippen LogP contribution in [-0.4, -0.2) is 26.3 Å². The van der Waals surface area contributed by atoms with E-state index in [1.54, 1.807) is 54.6 Å². The smallest absolute Gasteiger partial charge is 0.347 e. The second kappa shape index (κ2) is 14.5. The van der Waals surface area contributed by atoms with Crippen LogP contribution in [0.1, 0.15) is 21.5 Å². The fourth-order valence-corrected chi connectivity index (χ4v) is 5.32. The maximum absolute atomic E-state index is 12.1. The number of oxazole rings is 1. The Hall–Kier alpha value is -6.80. The molecule has 0 radical (unpaired) electrons. The summed E-state index contributed by atoms with van der Waals surface area (Å²) >= 11 is 0. The van der Waals surface area contributed by atoms with Gasteiger partial charge in [-0.25, -0.2) is 9.78 Å². The van der Waals surface area contributed by atoms with Gasteiger partial charge in [0.1, 0.15) is 34.1 Å². The minimum absolute atomic E-state index is 0.0518. The number of nitrogen functional groups attached to an aromatic ring is 1. The van der Waals surface area contributed by atoms with Crippen molar-refractivity contribution in [1.82, 2.24) is 4.98 Å². The van der Waals surface area contributed by atoms with E-state index in [0.717, 1.165) is 38.4 Å². The third-order valence-corrected chi connectivity index (χ3v) is 7.93. The molecule has 8 heteroatoms. The third kappa shape index (κ3) is 7.35. The maximum Gasteiger partial charge on any atom is 0.347 e. The van der Waals surface area contributed by atoms with Crippen LogP contribution in [0.3, 0.4) is 0 Å². The molecule has 1 aromatic heterocycles. The van der Waals surface area contributed by atoms with Gasteiger partial charge >= 0.3 is 5.97 Å². The number of benzene rings is 7. The molecule has 8 aromatic rings. The molecule has 0 fully saturated rings. The minimum Gasteiger partial charge on any atom is -0.506 e. The van der Waals surface area contributed by atoms with Crippen molar-refractivity contribution in [3.63, 3.8) is 0 Å². The normalized spacial score (nSPS) is 10.6. The largest absolute Gasteiger partial charge is 0.506 e. The Bertz CT molecular complexity index is 2450. The molecule has 8 nitrogen and oxygen atoms in total. The lowest BCUT2D eigenvalue weighted by molar-refractivity contribution is 0.0732. The van der Waals surface area contributed by atoms with Gasteiger partial charge < -0.3 is 30.2 Å². The summed E-state index contributed by atoms with van der Waals surface area (Å²) in [5.41, 5.74) is 10.3. The molecule has 0 unspecified atom stereocenters. The first kappa shape index (κ1) is 33.1. The number of aromatic hydroxyl groups is 3. The average Bonchev–Trinajstić information content (AvgIpc) is 3.54. The summed E-state index contributed by atoms with van der Waals surface area (Å²) in [6.45, 7) is 3.94. The lowest BCUT2D eigenvalue weighted by atomic mass is 10.1. The number of hydrogen-bond donors (Lipinski definition) is 4. The molecule has 248 valence electrons. The van der Waals surface area contributed by atoms with Gasteiger partial charge in [-0.15, -0.1) is 0 Å². The van der Waals surface area contributed by atoms with Gasteiger partial charge in [-0.1, -0.05) is 91.0 Å². The second-order valence-electron chi connectivity index (χ2n) is 11.6. The van der Waals surface area contributed by atoms with Crippen LogP contribution in [0.5, 0.6) is 23.0 Å². The van der Waals surface area contributed by atoms with Crippen molar-refractivity contribution in [2.24, 2.45) is 0 Å². The first-order valence-electron chi connectivity index (χ1n) is 15.8. The Morgan fingerprint density at radius 3 is 1.94 bits per heavy atom. The molecule has 0 aliphatic carbocycles. The minimum atomic E-state index is -0.570. The fraction of sp³-hybridized carbons (Fsp3) is 0.0476. The summed E-state index contributed by atoms with van der Waals surface area (Å²) in [7, 11) is 0. The fourth-order valence-electron chi connectivity index (χ4n) is 5.32. The van der Waals surface area contributed by atoms with Gasteiger partial charge in [0.2, 0.25) is 5.89 Å². The van der Waals surface area contributed by atoms with E-state index >= 15 is 0 Å². The molecule has 5 N–H and O–H groups in total. The number of anilines is 1. The third-order valence-electron chi connectivity index (χ3n) is 7.93. The predicted molar refractivity (Wildman–Crippen MR) is 198 cm³/mol. The number of rotatable bonds is 3. The van der Waals surface area contributed by atoms with Crippen LogP contribution in [0.15, 0.2) is 144 Å². The summed E-state index contributed by atoms with van der Waals surface area (Å²) < 4.78 is 11.0. The Balaban J connectivity index is 0.000000140. The van der Waals surface area contributed by atoms with E-state index in [-0.39, 0.29) is 22.8 Å². The molecule has 0 saturated heterocycles. The van der Waals surface area contributed by atoms with Crippen LogP contribution in [-0.2, 0) is 0 Å². The lowest BCUT2D eigenvalue weighted by Crippen LogP contribution is -2.08. The van der Waals surface area contributed by atoms with E-state index in [1.807, 2.05) is 98.8 Å². The van der Waals surface area contributed by atoms with Crippen molar-refractivity contribution >= 4 is 44.3 Å². The first-order valence-corrected chi connectivity index (χ1v) is 15.8. The zero-order valence-electron chi connectivity index (χ0n) is 27.4. The summed E-state index contributed by atoms with van der Waals surface area (Å²) in [6, 6.07) is 42.0. The first-order chi connectivity index (χ1) is 24.2. The number of nitrogens with two attached hydrogens (primary N) is 1. The Morgan fingerprint density at radius 2 is 1.26 bits per heavy atom. The standard InChI is InChI=1S/C18H13NO2.C17H12O3.C7H9NO/c1-11-6-9-16-15(10-11)19-18(21-16)14-8-7-12-4-2-3-5-13(12)17(14)20;18-16-14-9-5-4-6-12(14)10-11-15(16)17(19)20-13-7-2-1-3-8-13;1-5-2-3-7(9)6(8)4-5/h2-10,20H,1H3;1-11,18H;2-4,9H,8H2,1H3. The van der Waals surface area contributed by atoms with Gasteiger partial charge in [0.25, 0.3) is 0 Å². The quantitative estimate of drug-likeness (QED) is 0.0635. The van der Waals surface area contributed by atoms with E-state index in [9.17, 15) is 15.0 Å². The number of hydrogen-bond acceptors (Lipinski definition) is 8. The Kier molecular flexibility index (Phi) is 9.63. The molecule has 0 saturated carbocycles. The van der Waals surface area contributed by atoms with E-state index in [0.29, 0.717) is 28.3 Å². The summed E-state index contributed by atoms with van der Waals surface area (Å²) in [6.07, 6.45) is 0. The molecule has 0 amide bonds. The number of phenolic OH excluding ortho intramolecular Hbond substituents is 3. The van der Waals surface area contributed by atoms with E-state index in [1.165, 1.54) is 0 Å². The van der Waals surface area contributed by atoms with Gasteiger partial charge in [-0.2, -0.15) is 0 Å². The molecule has 0 spiro atoms. The molecule has 50 heavy (non-hydrogen) atoms. The number of carbonyl (C=O) groups excluding carboxylic acids is 1. The van der Waals surface area contributed by atoms with Crippen LogP contribution < -0.4 is 10.5 Å². The number of nitrogens with zero attached hydrogens (tertiary/aromatic N) is 1. The Morgan fingerprint density at radius 1 is 0.660 bits per heavy atom. The number of aryl methyl sites for hydroxylation is 2. The zero-order chi connectivity index (χ0) is 35.2. The maximum atomic E-state index is 12.1. The van der Waals surface area contributed by atoms with Gasteiger partial charge in [-0.3, -0.25) is 0 Å². The van der Waals surface area contributed by atoms with Crippen LogP contribution >= 0.6 is 0 Å². The summed E-state index contributed by atoms with van der Waals surface area (Å²) in [5.74, 6) is 0.629. The SMILES string of the molecule is Cc1ccc(O)c(N)c1.Cc1ccc2oc(-c3ccc4ccccc4c3O)nc2c1.O=C(Oc1ccccc1)c1ccc2ccccc2c1O. The van der Waals surface area contributed by atoms with Crippen molar-refractivity contribution in [1.29, 1.82) is 0 Å². The van der Waals surface area contributed by atoms with Gasteiger partial charge in [0.05, 0.1) is 11.3 Å². The molecule has 0 bridgehead atoms. The van der Waals surface area contributed by atoms with Gasteiger partial charge in [0.15, 0.2) is 5.58 Å². The Labute approximate surface area is 288 Å². The van der Waals surface area contributed by atoms with Gasteiger partial charge in [0, 0.05) is 10.8 Å². The molecule has 0 atom stereocenters. The molecule has 0 aliphatic heterocycles. The van der Waals surface area contributed by atoms with Crippen molar-refractivity contribution in [2.75, 3.05) is 5.73 Å². The molecular formula is C42H34N2O6. The van der Waals surface area contributed by atoms with Crippen molar-refractivity contribution < 1.29 is 29.3 Å². The highest BCUT2D eigenvalue weighted by Crippen LogP contribution is 2.36. The van der Waals surface area contributed by atoms with Crippen LogP contribution in [0.25, 0.3) is 44.1 Å². The number of aromatic nitrogens is 1. The molecule has 8 rings (SSSR count). The lowest BCUT2D eigenvalue weighted by Gasteiger charge is -2.08. The zero-order valence-corrected chi connectivity index (χ0v) is 27.4. The monoisotopic (exact) mass is 662 g/mol. The van der Waals surface area contributed by atoms with Crippen LogP contribution in [0.4, 0.5) is 5.69 Å². The number of carbonyl (C=O) groups is 1. The van der Waals surface area contributed by atoms with Crippen LogP contribution in [0, 0.1) is 13.8 Å². The molecule has 0 aliphatic rings. The number of phenols is 3. The van der Waals surface area contributed by atoms with Crippen LogP contribution in [0.2, 0.25) is 0 Å². The topological polar surface area (TPSA) is 139 Å². The number of fused-ring (bicyclic) bond motifs is 3.